The molecule has 5 nitrogen and oxygen atoms in total. The zero-order valence-corrected chi connectivity index (χ0v) is 11.0. The van der Waals surface area contributed by atoms with Gasteiger partial charge in [0.25, 0.3) is 0 Å². The Morgan fingerprint density at radius 3 is 2.63 bits per heavy atom. The van der Waals surface area contributed by atoms with Crippen LogP contribution in [0.1, 0.15) is 12.5 Å². The monoisotopic (exact) mass is 281 g/mol. The SMILES string of the molecule is CCc1c(NN)ncnc1Nc1cc(F)cc(Cl)c1. The van der Waals surface area contributed by atoms with Crippen LogP contribution in [-0.4, -0.2) is 9.97 Å². The van der Waals surface area contributed by atoms with Gasteiger partial charge in [0, 0.05) is 16.3 Å². The molecule has 100 valence electrons. The first-order valence-corrected chi connectivity index (χ1v) is 6.05. The smallest absolute Gasteiger partial charge is 0.148 e. The van der Waals surface area contributed by atoms with E-state index in [0.29, 0.717) is 28.8 Å². The van der Waals surface area contributed by atoms with Crippen molar-refractivity contribution in [3.05, 3.63) is 40.9 Å². The Morgan fingerprint density at radius 2 is 2.00 bits per heavy atom. The lowest BCUT2D eigenvalue weighted by Gasteiger charge is -2.12. The van der Waals surface area contributed by atoms with Gasteiger partial charge in [0.1, 0.15) is 23.8 Å². The number of hydrogen-bond donors (Lipinski definition) is 3. The molecular formula is C12H13ClFN5. The Morgan fingerprint density at radius 1 is 1.26 bits per heavy atom. The van der Waals surface area contributed by atoms with Crippen LogP contribution >= 0.6 is 11.6 Å². The lowest BCUT2D eigenvalue weighted by Crippen LogP contribution is -2.13. The van der Waals surface area contributed by atoms with E-state index in [9.17, 15) is 4.39 Å². The average molecular weight is 282 g/mol. The summed E-state index contributed by atoms with van der Waals surface area (Å²) >= 11 is 5.80. The molecule has 1 aromatic carbocycles. The minimum Gasteiger partial charge on any atom is -0.340 e. The number of hydrogen-bond acceptors (Lipinski definition) is 5. The molecule has 1 aromatic heterocycles. The predicted molar refractivity (Wildman–Crippen MR) is 73.9 cm³/mol. The molecule has 2 rings (SSSR count). The van der Waals surface area contributed by atoms with Gasteiger partial charge < -0.3 is 10.7 Å². The normalized spacial score (nSPS) is 10.3. The average Bonchev–Trinajstić information content (AvgIpc) is 2.37. The second kappa shape index (κ2) is 5.81. The maximum atomic E-state index is 13.3. The third-order valence-corrected chi connectivity index (χ3v) is 2.78. The van der Waals surface area contributed by atoms with Gasteiger partial charge in [-0.2, -0.15) is 0 Å². The Kier molecular flexibility index (Phi) is 4.13. The lowest BCUT2D eigenvalue weighted by molar-refractivity contribution is 0.628. The third kappa shape index (κ3) is 3.10. The topological polar surface area (TPSA) is 75.9 Å². The van der Waals surface area contributed by atoms with E-state index in [1.54, 1.807) is 6.07 Å². The van der Waals surface area contributed by atoms with Gasteiger partial charge in [-0.25, -0.2) is 20.2 Å². The van der Waals surface area contributed by atoms with Crippen molar-refractivity contribution in [3.8, 4) is 0 Å². The number of anilines is 3. The number of rotatable bonds is 4. The summed E-state index contributed by atoms with van der Waals surface area (Å²) in [4.78, 5) is 8.15. The fourth-order valence-corrected chi connectivity index (χ4v) is 1.96. The van der Waals surface area contributed by atoms with Crippen LogP contribution in [0.5, 0.6) is 0 Å². The number of halogens is 2. The van der Waals surface area contributed by atoms with Crippen LogP contribution in [0.4, 0.5) is 21.7 Å². The molecule has 0 saturated heterocycles. The van der Waals surface area contributed by atoms with Gasteiger partial charge >= 0.3 is 0 Å². The Balaban J connectivity index is 2.37. The molecule has 0 unspecified atom stereocenters. The van der Waals surface area contributed by atoms with Crippen molar-refractivity contribution in [2.75, 3.05) is 10.7 Å². The van der Waals surface area contributed by atoms with Crippen LogP contribution in [-0.2, 0) is 6.42 Å². The molecular weight excluding hydrogens is 269 g/mol. The zero-order valence-electron chi connectivity index (χ0n) is 10.2. The summed E-state index contributed by atoms with van der Waals surface area (Å²) in [7, 11) is 0. The van der Waals surface area contributed by atoms with Crippen LogP contribution in [0.25, 0.3) is 0 Å². The molecule has 4 N–H and O–H groups in total. The number of nitrogen functional groups attached to an aromatic ring is 1. The summed E-state index contributed by atoms with van der Waals surface area (Å²) in [6.07, 6.45) is 2.04. The van der Waals surface area contributed by atoms with Crippen molar-refractivity contribution in [2.45, 2.75) is 13.3 Å². The molecule has 0 fully saturated rings. The Labute approximate surface area is 115 Å². The van der Waals surface area contributed by atoms with Crippen molar-refractivity contribution in [2.24, 2.45) is 5.84 Å². The van der Waals surface area contributed by atoms with Gasteiger partial charge in [0.2, 0.25) is 0 Å². The number of nitrogens with one attached hydrogen (secondary N) is 2. The molecule has 0 bridgehead atoms. The van der Waals surface area contributed by atoms with E-state index < -0.39 is 5.82 Å². The largest absolute Gasteiger partial charge is 0.340 e. The maximum absolute atomic E-state index is 13.3. The highest BCUT2D eigenvalue weighted by molar-refractivity contribution is 6.30. The summed E-state index contributed by atoms with van der Waals surface area (Å²) in [5.41, 5.74) is 3.83. The Bertz CT molecular complexity index is 570. The van der Waals surface area contributed by atoms with E-state index in [1.807, 2.05) is 6.92 Å². The summed E-state index contributed by atoms with van der Waals surface area (Å²) in [5, 5.41) is 3.32. The van der Waals surface area contributed by atoms with E-state index >= 15 is 0 Å². The lowest BCUT2D eigenvalue weighted by atomic mass is 10.2. The van der Waals surface area contributed by atoms with Crippen LogP contribution in [0.15, 0.2) is 24.5 Å². The van der Waals surface area contributed by atoms with E-state index in [0.717, 1.165) is 5.56 Å². The second-order valence-electron chi connectivity index (χ2n) is 3.83. The van der Waals surface area contributed by atoms with E-state index in [4.69, 9.17) is 17.4 Å². The highest BCUT2D eigenvalue weighted by Crippen LogP contribution is 2.25. The van der Waals surface area contributed by atoms with E-state index in [1.165, 1.54) is 18.5 Å². The first-order chi connectivity index (χ1) is 9.13. The summed E-state index contributed by atoms with van der Waals surface area (Å²) in [6.45, 7) is 1.95. The van der Waals surface area contributed by atoms with Crippen LogP contribution in [0.3, 0.4) is 0 Å². The fraction of sp³-hybridized carbons (Fsp3) is 0.167. The minimum absolute atomic E-state index is 0.312. The van der Waals surface area contributed by atoms with Gasteiger partial charge in [-0.05, 0) is 24.6 Å². The summed E-state index contributed by atoms with van der Waals surface area (Å²) < 4.78 is 13.3. The van der Waals surface area contributed by atoms with Crippen molar-refractivity contribution in [1.29, 1.82) is 0 Å². The molecule has 2 aromatic rings. The number of hydrazine groups is 1. The molecule has 0 saturated carbocycles. The van der Waals surface area contributed by atoms with Crippen LogP contribution < -0.4 is 16.6 Å². The molecule has 19 heavy (non-hydrogen) atoms. The van der Waals surface area contributed by atoms with E-state index in [-0.39, 0.29) is 0 Å². The highest BCUT2D eigenvalue weighted by atomic mass is 35.5. The van der Waals surface area contributed by atoms with Crippen molar-refractivity contribution >= 4 is 28.9 Å². The predicted octanol–water partition coefficient (Wildman–Crippen LogP) is 2.86. The molecule has 0 aliphatic carbocycles. The van der Waals surface area contributed by atoms with Gasteiger partial charge in [-0.1, -0.05) is 18.5 Å². The zero-order chi connectivity index (χ0) is 13.8. The minimum atomic E-state index is -0.417. The number of benzene rings is 1. The van der Waals surface area contributed by atoms with Gasteiger partial charge in [0.15, 0.2) is 0 Å². The van der Waals surface area contributed by atoms with Gasteiger partial charge in [-0.15, -0.1) is 0 Å². The van der Waals surface area contributed by atoms with Crippen LogP contribution in [0, 0.1) is 5.82 Å². The molecule has 0 aliphatic heterocycles. The Hall–Kier alpha value is -1.92. The number of aromatic nitrogens is 2. The van der Waals surface area contributed by atoms with Crippen molar-refractivity contribution in [3.63, 3.8) is 0 Å². The second-order valence-corrected chi connectivity index (χ2v) is 4.27. The molecule has 0 spiro atoms. The van der Waals surface area contributed by atoms with Crippen LogP contribution in [0.2, 0.25) is 5.02 Å². The summed E-state index contributed by atoms with van der Waals surface area (Å²) in [6, 6.07) is 4.19. The molecule has 7 heteroatoms. The standard InChI is InChI=1S/C12H13ClFN5/c1-2-10-11(16-6-17-12(10)19-15)18-9-4-7(13)3-8(14)5-9/h3-6H,2,15H2,1H3,(H2,16,17,18,19). The number of nitrogens with zero attached hydrogens (tertiary/aromatic N) is 2. The summed E-state index contributed by atoms with van der Waals surface area (Å²) in [5.74, 6) is 6.06. The third-order valence-electron chi connectivity index (χ3n) is 2.56. The molecule has 0 radical (unpaired) electrons. The quantitative estimate of drug-likeness (QED) is 0.593. The van der Waals surface area contributed by atoms with Gasteiger partial charge in [-0.3, -0.25) is 0 Å². The van der Waals surface area contributed by atoms with Crippen molar-refractivity contribution in [1.82, 2.24) is 9.97 Å². The number of nitrogens with two attached hydrogens (primary N) is 1. The molecule has 0 aliphatic rings. The first-order valence-electron chi connectivity index (χ1n) is 5.67. The molecule has 0 atom stereocenters. The highest BCUT2D eigenvalue weighted by Gasteiger charge is 2.09. The molecule has 0 amide bonds. The first kappa shape index (κ1) is 13.5. The van der Waals surface area contributed by atoms with E-state index in [2.05, 4.69) is 20.7 Å². The maximum Gasteiger partial charge on any atom is 0.148 e. The molecule has 1 heterocycles. The fourth-order valence-electron chi connectivity index (χ4n) is 1.74. The van der Waals surface area contributed by atoms with Gasteiger partial charge in [0.05, 0.1) is 0 Å². The van der Waals surface area contributed by atoms with Crippen molar-refractivity contribution < 1.29 is 4.39 Å².